The SMILES string of the molecule is CCC1=C(C)c2nc1cc1[nH]c(cc3[nH]c(cc4nc(c2-c2ccccc2)C(C)=C4CC)c(CC)c3C)c(C)c1CC. The first-order valence-electron chi connectivity index (χ1n) is 15.5. The van der Waals surface area contributed by atoms with Gasteiger partial charge in [0.05, 0.1) is 22.8 Å². The van der Waals surface area contributed by atoms with E-state index in [0.29, 0.717) is 0 Å². The second-order valence-electron chi connectivity index (χ2n) is 11.6. The van der Waals surface area contributed by atoms with Crippen LogP contribution in [0.3, 0.4) is 0 Å². The number of benzene rings is 1. The summed E-state index contributed by atoms with van der Waals surface area (Å²) in [5.74, 6) is 0. The van der Waals surface area contributed by atoms with E-state index in [9.17, 15) is 0 Å². The van der Waals surface area contributed by atoms with Crippen LogP contribution in [0, 0.1) is 13.8 Å². The minimum atomic E-state index is 0.920. The molecule has 2 aliphatic rings. The number of hydrogen-bond acceptors (Lipinski definition) is 2. The molecule has 3 aromatic heterocycles. The molecule has 214 valence electrons. The van der Waals surface area contributed by atoms with Crippen molar-refractivity contribution in [2.75, 3.05) is 0 Å². The molecule has 0 spiro atoms. The van der Waals surface area contributed by atoms with Crippen LogP contribution in [0.25, 0.3) is 55.5 Å². The van der Waals surface area contributed by atoms with Crippen LogP contribution in [0.2, 0.25) is 0 Å². The number of hydrogen-bond donors (Lipinski definition) is 2. The fourth-order valence-corrected chi connectivity index (χ4v) is 7.04. The van der Waals surface area contributed by atoms with Crippen molar-refractivity contribution >= 4 is 44.4 Å². The average molecular weight is 555 g/mol. The highest BCUT2D eigenvalue weighted by Crippen LogP contribution is 2.43. The Morgan fingerprint density at radius 3 is 1.40 bits per heavy atom. The molecule has 2 N–H and O–H groups in total. The molecule has 5 heterocycles. The summed E-state index contributed by atoms with van der Waals surface area (Å²) in [5.41, 5.74) is 21.4. The highest BCUT2D eigenvalue weighted by Gasteiger charge is 2.26. The molecule has 0 fully saturated rings. The zero-order chi connectivity index (χ0) is 29.7. The highest BCUT2D eigenvalue weighted by atomic mass is 14.8. The molecule has 0 atom stereocenters. The number of H-pyrrole nitrogens is 2. The number of aromatic nitrogens is 4. The van der Waals surface area contributed by atoms with E-state index in [1.807, 2.05) is 0 Å². The Hall–Kier alpha value is -4.18. The quantitative estimate of drug-likeness (QED) is 0.258. The van der Waals surface area contributed by atoms with Crippen molar-refractivity contribution in [1.29, 1.82) is 0 Å². The van der Waals surface area contributed by atoms with E-state index in [4.69, 9.17) is 9.97 Å². The Balaban J connectivity index is 1.89. The number of nitrogens with one attached hydrogen (secondary N) is 2. The summed E-state index contributed by atoms with van der Waals surface area (Å²) in [7, 11) is 0. The molecule has 1 aromatic carbocycles. The second kappa shape index (κ2) is 10.9. The van der Waals surface area contributed by atoms with Crippen molar-refractivity contribution in [3.8, 4) is 11.1 Å². The molecule has 6 rings (SSSR count). The van der Waals surface area contributed by atoms with Gasteiger partial charge in [-0.1, -0.05) is 58.0 Å². The normalized spacial score (nSPS) is 13.4. The van der Waals surface area contributed by atoms with Crippen molar-refractivity contribution < 1.29 is 0 Å². The van der Waals surface area contributed by atoms with Crippen molar-refractivity contribution in [2.45, 2.75) is 81.1 Å². The Labute approximate surface area is 249 Å². The van der Waals surface area contributed by atoms with E-state index in [2.05, 4.69) is 114 Å². The molecule has 0 aliphatic carbocycles. The van der Waals surface area contributed by atoms with Crippen molar-refractivity contribution in [3.63, 3.8) is 0 Å². The number of allylic oxidation sites excluding steroid dienone is 4. The first-order chi connectivity index (χ1) is 20.3. The molecule has 0 amide bonds. The molecule has 42 heavy (non-hydrogen) atoms. The number of fused-ring (bicyclic) bond motifs is 8. The molecule has 0 radical (unpaired) electrons. The fourth-order valence-electron chi connectivity index (χ4n) is 7.04. The summed E-state index contributed by atoms with van der Waals surface area (Å²) in [6, 6.07) is 17.5. The first-order valence-corrected chi connectivity index (χ1v) is 15.5. The van der Waals surface area contributed by atoms with E-state index in [1.165, 1.54) is 44.5 Å². The molecule has 4 nitrogen and oxygen atoms in total. The molecule has 0 saturated carbocycles. The lowest BCUT2D eigenvalue weighted by Gasteiger charge is -2.10. The predicted molar refractivity (Wildman–Crippen MR) is 180 cm³/mol. The van der Waals surface area contributed by atoms with Gasteiger partial charge in [0.15, 0.2) is 0 Å². The van der Waals surface area contributed by atoms with Gasteiger partial charge in [0, 0.05) is 27.6 Å². The standard InChI is InChI=1S/C38H42N4/c1-9-26-21(5)30-18-31-22(6)27(10-2)33(40-31)20-35-29(12-4)24(8)38(42-35)36(25-16-14-13-15-17-25)37-23(7)28(11-3)34(41-37)19-32(26)39-30/h13-20,39-40H,9-12H2,1-8H3. The van der Waals surface area contributed by atoms with Gasteiger partial charge in [-0.2, -0.15) is 0 Å². The molecule has 4 heteroatoms. The van der Waals surface area contributed by atoms with Crippen LogP contribution >= 0.6 is 0 Å². The van der Waals surface area contributed by atoms with Gasteiger partial charge in [0.2, 0.25) is 0 Å². The minimum absolute atomic E-state index is 0.920. The largest absolute Gasteiger partial charge is 0.355 e. The zero-order valence-electron chi connectivity index (χ0n) is 26.3. The minimum Gasteiger partial charge on any atom is -0.355 e. The van der Waals surface area contributed by atoms with Crippen LogP contribution in [0.5, 0.6) is 0 Å². The smallest absolute Gasteiger partial charge is 0.0769 e. The van der Waals surface area contributed by atoms with E-state index in [0.717, 1.165) is 81.7 Å². The lowest BCUT2D eigenvalue weighted by Crippen LogP contribution is -1.93. The summed E-state index contributed by atoms with van der Waals surface area (Å²) in [6.45, 7) is 17.9. The summed E-state index contributed by atoms with van der Waals surface area (Å²) in [4.78, 5) is 18.4. The van der Waals surface area contributed by atoms with Gasteiger partial charge >= 0.3 is 0 Å². The van der Waals surface area contributed by atoms with Gasteiger partial charge < -0.3 is 9.97 Å². The summed E-state index contributed by atoms with van der Waals surface area (Å²) in [5, 5.41) is 0. The topological polar surface area (TPSA) is 57.4 Å². The Kier molecular flexibility index (Phi) is 7.26. The lowest BCUT2D eigenvalue weighted by atomic mass is 9.93. The number of rotatable bonds is 5. The first kappa shape index (κ1) is 28.0. The monoisotopic (exact) mass is 554 g/mol. The van der Waals surface area contributed by atoms with Crippen LogP contribution in [-0.4, -0.2) is 19.9 Å². The third-order valence-electron chi connectivity index (χ3n) is 9.40. The van der Waals surface area contributed by atoms with Crippen molar-refractivity contribution in [3.05, 3.63) is 93.6 Å². The third kappa shape index (κ3) is 4.36. The van der Waals surface area contributed by atoms with Crippen molar-refractivity contribution in [1.82, 2.24) is 19.9 Å². The molecule has 4 aromatic rings. The second-order valence-corrected chi connectivity index (χ2v) is 11.6. The molecule has 2 aliphatic heterocycles. The fraction of sp³-hybridized carbons (Fsp3) is 0.316. The van der Waals surface area contributed by atoms with E-state index in [-0.39, 0.29) is 0 Å². The van der Waals surface area contributed by atoms with Gasteiger partial charge in [-0.3, -0.25) is 0 Å². The lowest BCUT2D eigenvalue weighted by molar-refractivity contribution is 1.14. The van der Waals surface area contributed by atoms with E-state index >= 15 is 0 Å². The van der Waals surface area contributed by atoms with Crippen molar-refractivity contribution in [2.24, 2.45) is 0 Å². The van der Waals surface area contributed by atoms with Crippen LogP contribution < -0.4 is 0 Å². The maximum Gasteiger partial charge on any atom is 0.0769 e. The number of aromatic amines is 2. The van der Waals surface area contributed by atoms with E-state index < -0.39 is 0 Å². The molecule has 0 unspecified atom stereocenters. The van der Waals surface area contributed by atoms with Gasteiger partial charge in [0.1, 0.15) is 0 Å². The van der Waals surface area contributed by atoms with Crippen LogP contribution in [0.4, 0.5) is 0 Å². The molecular weight excluding hydrogens is 512 g/mol. The number of nitrogens with zero attached hydrogens (tertiary/aromatic N) is 2. The van der Waals surface area contributed by atoms with Gasteiger partial charge in [-0.25, -0.2) is 9.97 Å². The zero-order valence-corrected chi connectivity index (χ0v) is 26.3. The Morgan fingerprint density at radius 1 is 0.548 bits per heavy atom. The maximum atomic E-state index is 5.41. The summed E-state index contributed by atoms with van der Waals surface area (Å²) >= 11 is 0. The molecule has 0 saturated heterocycles. The van der Waals surface area contributed by atoms with Crippen LogP contribution in [0.15, 0.2) is 48.5 Å². The summed E-state index contributed by atoms with van der Waals surface area (Å²) in [6.07, 6.45) is 3.76. The summed E-state index contributed by atoms with van der Waals surface area (Å²) < 4.78 is 0. The van der Waals surface area contributed by atoms with Crippen LogP contribution in [0.1, 0.15) is 99.4 Å². The Bertz CT molecular complexity index is 1820. The molecular formula is C38H42N4. The third-order valence-corrected chi connectivity index (χ3v) is 9.40. The van der Waals surface area contributed by atoms with E-state index in [1.54, 1.807) is 0 Å². The highest BCUT2D eigenvalue weighted by molar-refractivity contribution is 6.02. The maximum absolute atomic E-state index is 5.41. The molecule has 8 bridgehead atoms. The number of aryl methyl sites for hydroxylation is 4. The predicted octanol–water partition coefficient (Wildman–Crippen LogP) is 10.4. The average Bonchev–Trinajstić information content (AvgIpc) is 3.66. The van der Waals surface area contributed by atoms with Gasteiger partial charge in [-0.05, 0) is 122 Å². The Morgan fingerprint density at radius 2 is 1.00 bits per heavy atom. The van der Waals surface area contributed by atoms with Gasteiger partial charge in [-0.15, -0.1) is 0 Å². The van der Waals surface area contributed by atoms with Gasteiger partial charge in [0.25, 0.3) is 0 Å². The van der Waals surface area contributed by atoms with Crippen LogP contribution in [-0.2, 0) is 12.8 Å².